The van der Waals surface area contributed by atoms with Crippen LogP contribution in [0.1, 0.15) is 0 Å². The summed E-state index contributed by atoms with van der Waals surface area (Å²) in [6.07, 6.45) is 0. The molecule has 0 radical (unpaired) electrons. The SMILES string of the molecule is [Ag+].[O-][I+2]([O-])[O-]. The molecule has 0 aromatic rings. The molecule has 0 aliphatic heterocycles. The molecule has 0 aromatic carbocycles. The summed E-state index contributed by atoms with van der Waals surface area (Å²) in [5.41, 5.74) is 0. The molecule has 0 aliphatic carbocycles. The van der Waals surface area contributed by atoms with E-state index < -0.39 is 21.1 Å². The van der Waals surface area contributed by atoms with Crippen LogP contribution in [0.15, 0.2) is 0 Å². The molecule has 0 rings (SSSR count). The zero-order valence-electron chi connectivity index (χ0n) is 1.90. The Morgan fingerprint density at radius 3 is 1.00 bits per heavy atom. The molecule has 0 aliphatic rings. The van der Waals surface area contributed by atoms with E-state index >= 15 is 0 Å². The first-order valence-corrected chi connectivity index (χ1v) is 3.11. The fourth-order valence-corrected chi connectivity index (χ4v) is 0. The molecule has 0 amide bonds. The van der Waals surface area contributed by atoms with Crippen molar-refractivity contribution in [3.63, 3.8) is 0 Å². The van der Waals surface area contributed by atoms with Crippen LogP contribution in [0.25, 0.3) is 0 Å². The van der Waals surface area contributed by atoms with Crippen LogP contribution in [-0.2, 0) is 22.4 Å². The maximum atomic E-state index is 8.57. The maximum Gasteiger partial charge on any atom is 1.00 e. The van der Waals surface area contributed by atoms with E-state index in [0.717, 1.165) is 0 Å². The van der Waals surface area contributed by atoms with Crippen LogP contribution in [0.3, 0.4) is 0 Å². The van der Waals surface area contributed by atoms with Crippen molar-refractivity contribution < 1.29 is 53.8 Å². The third-order valence-corrected chi connectivity index (χ3v) is 0. The Hall–Kier alpha value is 1.35. The van der Waals surface area contributed by atoms with Crippen LogP contribution in [0.5, 0.6) is 0 Å². The van der Waals surface area contributed by atoms with E-state index in [9.17, 15) is 0 Å². The topological polar surface area (TPSA) is 69.2 Å². The number of hydrogen-bond acceptors (Lipinski definition) is 3. The number of halogens is 1. The molecule has 0 N–H and O–H groups in total. The van der Waals surface area contributed by atoms with Gasteiger partial charge in [0.05, 0.1) is 0 Å². The first-order valence-electron chi connectivity index (χ1n) is 0.463. The molecule has 0 spiro atoms. The second-order valence-corrected chi connectivity index (χ2v) is 1.27. The standard InChI is InChI=1S/Ag.IO3/c;2-1(3)4/q+1;-1. The van der Waals surface area contributed by atoms with Gasteiger partial charge in [-0.1, -0.05) is 0 Å². The van der Waals surface area contributed by atoms with Crippen LogP contribution in [0.2, 0.25) is 0 Å². The Labute approximate surface area is 53.6 Å². The van der Waals surface area contributed by atoms with Gasteiger partial charge >= 0.3 is 22.4 Å². The Bertz CT molecular complexity index is 11.6. The molecular formula is AgIO3. The minimum Gasteiger partial charge on any atom is -0.427 e. The summed E-state index contributed by atoms with van der Waals surface area (Å²) in [5, 5.41) is 0. The maximum absolute atomic E-state index is 8.57. The average Bonchev–Trinajstić information content (AvgIpc) is 0.811. The van der Waals surface area contributed by atoms with E-state index in [0.29, 0.717) is 0 Å². The molecule has 0 aromatic heterocycles. The Kier molecular flexibility index (Phi) is 10.3. The van der Waals surface area contributed by atoms with Gasteiger partial charge in [0.2, 0.25) is 0 Å². The summed E-state index contributed by atoms with van der Waals surface area (Å²) in [6, 6.07) is 0. The monoisotopic (exact) mass is 282 g/mol. The minimum atomic E-state index is -4.01. The zero-order valence-corrected chi connectivity index (χ0v) is 5.54. The molecule has 5 heavy (non-hydrogen) atoms. The molecule has 0 saturated carbocycles. The third kappa shape index (κ3) is 32.9. The van der Waals surface area contributed by atoms with Gasteiger partial charge in [-0.2, -0.15) is 0 Å². The van der Waals surface area contributed by atoms with Crippen molar-refractivity contribution in [1.29, 1.82) is 0 Å². The van der Waals surface area contributed by atoms with Crippen LogP contribution < -0.4 is 31.4 Å². The van der Waals surface area contributed by atoms with Gasteiger partial charge in [0.15, 0.2) is 0 Å². The first kappa shape index (κ1) is 9.61. The molecule has 0 bridgehead atoms. The Morgan fingerprint density at radius 2 is 1.00 bits per heavy atom. The van der Waals surface area contributed by atoms with Crippen molar-refractivity contribution in [2.24, 2.45) is 0 Å². The zero-order chi connectivity index (χ0) is 3.58. The smallest absolute Gasteiger partial charge is 0.427 e. The van der Waals surface area contributed by atoms with E-state index in [2.05, 4.69) is 0 Å². The molecular weight excluding hydrogens is 283 g/mol. The van der Waals surface area contributed by atoms with Gasteiger partial charge < -0.3 is 10.3 Å². The molecule has 0 atom stereocenters. The fraction of sp³-hybridized carbons (Fsp3) is 0. The summed E-state index contributed by atoms with van der Waals surface area (Å²) in [5.74, 6) is 0. The summed E-state index contributed by atoms with van der Waals surface area (Å²) >= 11 is -4.01. The Balaban J connectivity index is 0. The summed E-state index contributed by atoms with van der Waals surface area (Å²) in [4.78, 5) is 0. The normalized spacial score (nSPS) is 7.20. The van der Waals surface area contributed by atoms with Crippen molar-refractivity contribution in [3.05, 3.63) is 0 Å². The minimum absolute atomic E-state index is 0. The van der Waals surface area contributed by atoms with Gasteiger partial charge in [0.1, 0.15) is 0 Å². The van der Waals surface area contributed by atoms with Crippen molar-refractivity contribution in [2.75, 3.05) is 0 Å². The Morgan fingerprint density at radius 1 is 1.00 bits per heavy atom. The second-order valence-electron chi connectivity index (χ2n) is 0.189. The van der Waals surface area contributed by atoms with Crippen LogP contribution in [0.4, 0.5) is 0 Å². The van der Waals surface area contributed by atoms with Crippen molar-refractivity contribution in [3.8, 4) is 0 Å². The van der Waals surface area contributed by atoms with Crippen molar-refractivity contribution in [1.82, 2.24) is 0 Å². The first-order chi connectivity index (χ1) is 1.73. The van der Waals surface area contributed by atoms with Crippen LogP contribution >= 0.6 is 0 Å². The third-order valence-electron chi connectivity index (χ3n) is 0. The number of hydrogen-bond donors (Lipinski definition) is 0. The molecule has 0 heterocycles. The van der Waals surface area contributed by atoms with E-state index in [-0.39, 0.29) is 22.4 Å². The molecule has 0 unspecified atom stereocenters. The quantitative estimate of drug-likeness (QED) is 0.328. The van der Waals surface area contributed by atoms with Gasteiger partial charge in [0.25, 0.3) is 21.1 Å². The largest absolute Gasteiger partial charge is 1.00 e. The van der Waals surface area contributed by atoms with Gasteiger partial charge in [-0.15, -0.1) is 0 Å². The molecule has 0 saturated heterocycles. The van der Waals surface area contributed by atoms with Crippen LogP contribution in [0, 0.1) is 0 Å². The molecule has 0 fully saturated rings. The molecule has 5 heteroatoms. The number of rotatable bonds is 0. The van der Waals surface area contributed by atoms with Gasteiger partial charge in [-0.05, 0) is 0 Å². The molecule has 36 valence electrons. The van der Waals surface area contributed by atoms with E-state index in [1.54, 1.807) is 0 Å². The summed E-state index contributed by atoms with van der Waals surface area (Å²) in [6.45, 7) is 0. The second kappa shape index (κ2) is 5.35. The van der Waals surface area contributed by atoms with E-state index in [4.69, 9.17) is 10.3 Å². The van der Waals surface area contributed by atoms with E-state index in [1.807, 2.05) is 0 Å². The van der Waals surface area contributed by atoms with E-state index in [1.165, 1.54) is 0 Å². The van der Waals surface area contributed by atoms with Crippen molar-refractivity contribution >= 4 is 0 Å². The van der Waals surface area contributed by atoms with Crippen LogP contribution in [-0.4, -0.2) is 0 Å². The predicted octanol–water partition coefficient (Wildman–Crippen LogP) is -6.57. The summed E-state index contributed by atoms with van der Waals surface area (Å²) in [7, 11) is 0. The average molecular weight is 283 g/mol. The molecule has 3 nitrogen and oxygen atoms in total. The fourth-order valence-electron chi connectivity index (χ4n) is 0. The van der Waals surface area contributed by atoms with Gasteiger partial charge in [-0.3, -0.25) is 0 Å². The predicted molar refractivity (Wildman–Crippen MR) is 0 cm³/mol. The van der Waals surface area contributed by atoms with Crippen molar-refractivity contribution in [2.45, 2.75) is 0 Å². The summed E-state index contributed by atoms with van der Waals surface area (Å²) < 4.78 is 25.7. The van der Waals surface area contributed by atoms with Gasteiger partial charge in [0, 0.05) is 0 Å². The van der Waals surface area contributed by atoms with Gasteiger partial charge in [-0.25, -0.2) is 0 Å².